The third kappa shape index (κ3) is 1.58. The zero-order chi connectivity index (χ0) is 9.14. The Morgan fingerprint density at radius 2 is 2.17 bits per heavy atom. The highest BCUT2D eigenvalue weighted by atomic mass is 19.3. The second kappa shape index (κ2) is 3.58. The molecule has 0 saturated heterocycles. The highest BCUT2D eigenvalue weighted by Crippen LogP contribution is 2.23. The van der Waals surface area contributed by atoms with Crippen molar-refractivity contribution < 1.29 is 8.78 Å². The minimum absolute atomic E-state index is 0.0579. The van der Waals surface area contributed by atoms with E-state index in [0.717, 1.165) is 5.56 Å². The van der Waals surface area contributed by atoms with Crippen LogP contribution in [0, 0.1) is 6.92 Å². The number of hydrogen-bond acceptors (Lipinski definition) is 2. The number of aromatic nitrogens is 1. The van der Waals surface area contributed by atoms with Crippen molar-refractivity contribution in [2.75, 3.05) is 0 Å². The van der Waals surface area contributed by atoms with Crippen LogP contribution in [0.2, 0.25) is 0 Å². The van der Waals surface area contributed by atoms with Gasteiger partial charge in [-0.15, -0.1) is 0 Å². The lowest BCUT2D eigenvalue weighted by molar-refractivity contribution is 0.149. The molecule has 0 spiro atoms. The summed E-state index contributed by atoms with van der Waals surface area (Å²) in [5.74, 6) is 0. The van der Waals surface area contributed by atoms with E-state index in [1.807, 2.05) is 0 Å². The molecule has 0 aliphatic rings. The number of nitrogens with two attached hydrogens (primary N) is 1. The zero-order valence-electron chi connectivity index (χ0n) is 6.72. The van der Waals surface area contributed by atoms with E-state index in [-0.39, 0.29) is 12.1 Å². The minimum atomic E-state index is -2.49. The molecular weight excluding hydrogens is 162 g/mol. The normalized spacial score (nSPS) is 10.8. The van der Waals surface area contributed by atoms with Crippen molar-refractivity contribution in [3.63, 3.8) is 0 Å². The molecule has 0 saturated carbocycles. The summed E-state index contributed by atoms with van der Waals surface area (Å²) in [6.07, 6.45) is 0.212. The Kier molecular flexibility index (Phi) is 2.70. The van der Waals surface area contributed by atoms with Gasteiger partial charge in [0.05, 0.1) is 0 Å². The van der Waals surface area contributed by atoms with Crippen molar-refractivity contribution in [3.05, 3.63) is 29.1 Å². The monoisotopic (exact) mass is 172 g/mol. The molecule has 0 amide bonds. The van der Waals surface area contributed by atoms with E-state index in [9.17, 15) is 8.78 Å². The van der Waals surface area contributed by atoms with Crippen LogP contribution in [-0.4, -0.2) is 4.98 Å². The third-order valence-corrected chi connectivity index (χ3v) is 1.75. The predicted octanol–water partition coefficient (Wildman–Crippen LogP) is 1.79. The quantitative estimate of drug-likeness (QED) is 0.738. The van der Waals surface area contributed by atoms with E-state index < -0.39 is 6.43 Å². The standard InChI is InChI=1S/C8H10F2N2/c1-5-3-12-4-7(8(9)10)6(5)2-11/h3-4,8H,2,11H2,1H3. The van der Waals surface area contributed by atoms with E-state index in [1.54, 1.807) is 6.92 Å². The maximum Gasteiger partial charge on any atom is 0.265 e. The summed E-state index contributed by atoms with van der Waals surface area (Å²) in [7, 11) is 0. The number of rotatable bonds is 2. The third-order valence-electron chi connectivity index (χ3n) is 1.75. The van der Waals surface area contributed by atoms with Crippen LogP contribution in [0.3, 0.4) is 0 Å². The van der Waals surface area contributed by atoms with Crippen LogP contribution in [0.25, 0.3) is 0 Å². The topological polar surface area (TPSA) is 38.9 Å². The molecule has 12 heavy (non-hydrogen) atoms. The molecule has 1 heterocycles. The first kappa shape index (κ1) is 9.06. The van der Waals surface area contributed by atoms with Gasteiger partial charge in [0.25, 0.3) is 6.43 Å². The van der Waals surface area contributed by atoms with Crippen molar-refractivity contribution in [1.29, 1.82) is 0 Å². The molecule has 2 nitrogen and oxygen atoms in total. The van der Waals surface area contributed by atoms with E-state index >= 15 is 0 Å². The van der Waals surface area contributed by atoms with Crippen molar-refractivity contribution in [1.82, 2.24) is 4.98 Å². The molecule has 1 rings (SSSR count). The van der Waals surface area contributed by atoms with Crippen LogP contribution in [0.4, 0.5) is 8.78 Å². The smallest absolute Gasteiger partial charge is 0.265 e. The van der Waals surface area contributed by atoms with Crippen LogP contribution in [0.1, 0.15) is 23.1 Å². The molecule has 0 aliphatic heterocycles. The summed E-state index contributed by atoms with van der Waals surface area (Å²) in [5, 5.41) is 0. The second-order valence-corrected chi connectivity index (χ2v) is 2.53. The maximum absolute atomic E-state index is 12.3. The second-order valence-electron chi connectivity index (χ2n) is 2.53. The Hall–Kier alpha value is -1.03. The van der Waals surface area contributed by atoms with Gasteiger partial charge in [-0.25, -0.2) is 8.78 Å². The lowest BCUT2D eigenvalue weighted by Crippen LogP contribution is -2.05. The van der Waals surface area contributed by atoms with Gasteiger partial charge in [0.15, 0.2) is 0 Å². The van der Waals surface area contributed by atoms with Crippen LogP contribution in [-0.2, 0) is 6.54 Å². The Balaban J connectivity index is 3.18. The Morgan fingerprint density at radius 1 is 1.50 bits per heavy atom. The number of pyridine rings is 1. The molecular formula is C8H10F2N2. The van der Waals surface area contributed by atoms with Gasteiger partial charge in [-0.05, 0) is 18.1 Å². The molecule has 4 heteroatoms. The fraction of sp³-hybridized carbons (Fsp3) is 0.375. The predicted molar refractivity (Wildman–Crippen MR) is 41.8 cm³/mol. The van der Waals surface area contributed by atoms with Crippen LogP contribution >= 0.6 is 0 Å². The molecule has 0 aromatic carbocycles. The fourth-order valence-corrected chi connectivity index (χ4v) is 1.08. The number of hydrogen-bond donors (Lipinski definition) is 1. The summed E-state index contributed by atoms with van der Waals surface area (Å²) in [5.41, 5.74) is 6.49. The first-order valence-electron chi connectivity index (χ1n) is 3.58. The molecule has 0 radical (unpaired) electrons. The Labute approximate surface area is 69.4 Å². The van der Waals surface area contributed by atoms with Crippen LogP contribution in [0.15, 0.2) is 12.4 Å². The minimum Gasteiger partial charge on any atom is -0.326 e. The van der Waals surface area contributed by atoms with E-state index in [0.29, 0.717) is 5.56 Å². The first-order chi connectivity index (χ1) is 5.66. The number of alkyl halides is 2. The summed E-state index contributed by atoms with van der Waals surface area (Å²) >= 11 is 0. The number of halogens is 2. The molecule has 0 atom stereocenters. The molecule has 1 aromatic rings. The Bertz CT molecular complexity index is 274. The highest BCUT2D eigenvalue weighted by molar-refractivity contribution is 5.31. The van der Waals surface area contributed by atoms with Gasteiger partial charge in [-0.1, -0.05) is 0 Å². The van der Waals surface area contributed by atoms with Crippen LogP contribution in [0.5, 0.6) is 0 Å². The van der Waals surface area contributed by atoms with Crippen LogP contribution < -0.4 is 5.73 Å². The molecule has 66 valence electrons. The van der Waals surface area contributed by atoms with Gasteiger partial charge in [0, 0.05) is 24.5 Å². The fourth-order valence-electron chi connectivity index (χ4n) is 1.08. The van der Waals surface area contributed by atoms with Crippen molar-refractivity contribution in [3.8, 4) is 0 Å². The summed E-state index contributed by atoms with van der Waals surface area (Å²) in [4.78, 5) is 3.68. The van der Waals surface area contributed by atoms with Crippen molar-refractivity contribution in [2.45, 2.75) is 19.9 Å². The van der Waals surface area contributed by atoms with Gasteiger partial charge in [0.2, 0.25) is 0 Å². The zero-order valence-corrected chi connectivity index (χ0v) is 6.72. The van der Waals surface area contributed by atoms with Gasteiger partial charge in [-0.2, -0.15) is 0 Å². The maximum atomic E-state index is 12.3. The van der Waals surface area contributed by atoms with E-state index in [4.69, 9.17) is 5.73 Å². The summed E-state index contributed by atoms with van der Waals surface area (Å²) in [6, 6.07) is 0. The number of nitrogens with zero attached hydrogens (tertiary/aromatic N) is 1. The molecule has 0 aliphatic carbocycles. The van der Waals surface area contributed by atoms with Gasteiger partial charge >= 0.3 is 0 Å². The van der Waals surface area contributed by atoms with E-state index in [2.05, 4.69) is 4.98 Å². The van der Waals surface area contributed by atoms with Gasteiger partial charge < -0.3 is 5.73 Å². The molecule has 2 N–H and O–H groups in total. The van der Waals surface area contributed by atoms with Gasteiger partial charge in [0.1, 0.15) is 0 Å². The average molecular weight is 172 g/mol. The average Bonchev–Trinajstić information content (AvgIpc) is 2.03. The molecule has 0 bridgehead atoms. The highest BCUT2D eigenvalue weighted by Gasteiger charge is 2.13. The van der Waals surface area contributed by atoms with E-state index in [1.165, 1.54) is 12.4 Å². The van der Waals surface area contributed by atoms with Crippen molar-refractivity contribution in [2.24, 2.45) is 5.73 Å². The molecule has 1 aromatic heterocycles. The largest absolute Gasteiger partial charge is 0.326 e. The first-order valence-corrected chi connectivity index (χ1v) is 3.58. The lowest BCUT2D eigenvalue weighted by atomic mass is 10.1. The van der Waals surface area contributed by atoms with Crippen molar-refractivity contribution >= 4 is 0 Å². The summed E-state index contributed by atoms with van der Waals surface area (Å²) < 4.78 is 24.6. The Morgan fingerprint density at radius 3 is 2.58 bits per heavy atom. The molecule has 0 fully saturated rings. The lowest BCUT2D eigenvalue weighted by Gasteiger charge is -2.08. The molecule has 0 unspecified atom stereocenters. The van der Waals surface area contributed by atoms with Gasteiger partial charge in [-0.3, -0.25) is 4.98 Å². The summed E-state index contributed by atoms with van der Waals surface area (Å²) in [6.45, 7) is 1.86. The SMILES string of the molecule is Cc1cncc(C(F)F)c1CN. The number of aryl methyl sites for hydroxylation is 1.